The molecule has 0 rings (SSSR count). The number of unbranched alkanes of at least 4 members (excludes halogenated alkanes) is 19. The molecule has 0 heterocycles. The molecule has 102 heavy (non-hydrogen) atoms. The Bertz CT molecular complexity index is 2580. The van der Waals surface area contributed by atoms with Gasteiger partial charge >= 0.3 is 19.8 Å². The van der Waals surface area contributed by atoms with E-state index in [9.17, 15) is 19.0 Å². The Balaban J connectivity index is 4.13. The standard InChI is InChI=1S/C92H146NO8P/c1-6-8-10-12-14-16-18-20-22-24-26-28-30-32-34-36-38-40-42-44-46-48-50-52-54-56-58-60-62-64-66-68-70-72-74-76-78-80-82-84-91(94)98-88-90(89-100-102(96,97)99-87-86-93(3,4)5)101-92(95)85-83-81-79-77-75-73-71-69-67-65-63-61-59-57-55-53-51-49-47-45-43-41-39-37-35-33-31-29-27-25-23-21-19-17-15-13-11-9-7-2/h8-11,14-17,20-23,26-29,32-35,38-41,44-47,51,53,57,59,63,65,69,71,75,77,90H,6-7,12-13,18-19,24-25,30-31,36-37,42-43,48-50,52,54-56,58,60-62,64,66-68,70,72-74,76,78-89H2,1-5H3/p+1/b10-8-,11-9-,16-14-,17-15-,22-20-,23-21-,28-26-,29-27-,34-32-,35-33-,40-38-,41-39-,46-44-,47-45-,53-51-,59-57-,65-63-,71-69-,77-75-. The largest absolute Gasteiger partial charge is 0.472 e. The summed E-state index contributed by atoms with van der Waals surface area (Å²) in [4.78, 5) is 36.0. The van der Waals surface area contributed by atoms with E-state index in [2.05, 4.69) is 245 Å². The molecule has 0 saturated carbocycles. The first-order valence-electron chi connectivity index (χ1n) is 40.1. The maximum Gasteiger partial charge on any atom is 0.472 e. The zero-order chi connectivity index (χ0) is 74.0. The minimum Gasteiger partial charge on any atom is -0.462 e. The summed E-state index contributed by atoms with van der Waals surface area (Å²) in [6.45, 7) is 4.14. The molecule has 0 aliphatic carbocycles. The monoisotopic (exact) mass is 1430 g/mol. The molecule has 0 spiro atoms. The highest BCUT2D eigenvalue weighted by Crippen LogP contribution is 2.43. The number of phosphoric acid groups is 1. The van der Waals surface area contributed by atoms with Crippen molar-refractivity contribution in [3.05, 3.63) is 231 Å². The van der Waals surface area contributed by atoms with Crippen molar-refractivity contribution in [2.24, 2.45) is 0 Å². The normalized spacial score (nSPS) is 14.3. The molecule has 0 amide bonds. The molecule has 572 valence electrons. The molecular formula is C92H147NO8P+. The minimum atomic E-state index is -4.42. The average molecular weight is 1430 g/mol. The first-order chi connectivity index (χ1) is 50.0. The number of carbonyl (C=O) groups is 2. The SMILES string of the molecule is CC/C=C\C/C=C\C/C=C\C/C=C\C/C=C\C/C=C\C/C=C\C/C=C\C/C=C\C/C=C\C/C=C\C/C=C\CCCCC(=O)OC(COC(=O)CCCCCCCCCCCCCCCCCCC/C=C\C/C=C\C/C=C\C/C=C\C/C=C\C/C=C\C/C=C\CC)COP(=O)(O)OCC[N+](C)(C)C. The number of likely N-dealkylation sites (N-methyl/N-ethyl adjacent to an activating group) is 1. The van der Waals surface area contributed by atoms with Gasteiger partial charge in [-0.25, -0.2) is 4.57 Å². The number of hydrogen-bond acceptors (Lipinski definition) is 7. The van der Waals surface area contributed by atoms with Gasteiger partial charge in [0.1, 0.15) is 19.8 Å². The Morgan fingerprint density at radius 3 is 0.804 bits per heavy atom. The van der Waals surface area contributed by atoms with Crippen molar-refractivity contribution in [3.63, 3.8) is 0 Å². The second-order valence-corrected chi connectivity index (χ2v) is 28.4. The second-order valence-electron chi connectivity index (χ2n) is 27.0. The highest BCUT2D eigenvalue weighted by atomic mass is 31.2. The highest BCUT2D eigenvalue weighted by Gasteiger charge is 2.27. The van der Waals surface area contributed by atoms with Crippen LogP contribution in [0.4, 0.5) is 0 Å². The van der Waals surface area contributed by atoms with E-state index in [1.54, 1.807) is 0 Å². The predicted octanol–water partition coefficient (Wildman–Crippen LogP) is 27.3. The van der Waals surface area contributed by atoms with E-state index >= 15 is 0 Å². The van der Waals surface area contributed by atoms with Gasteiger partial charge in [-0.2, -0.15) is 0 Å². The maximum absolute atomic E-state index is 12.9. The van der Waals surface area contributed by atoms with E-state index in [0.717, 1.165) is 154 Å². The molecule has 9 nitrogen and oxygen atoms in total. The smallest absolute Gasteiger partial charge is 0.462 e. The van der Waals surface area contributed by atoms with Gasteiger partial charge in [-0.1, -0.05) is 341 Å². The van der Waals surface area contributed by atoms with E-state index < -0.39 is 26.5 Å². The number of nitrogens with zero attached hydrogens (tertiary/aromatic N) is 1. The lowest BCUT2D eigenvalue weighted by Gasteiger charge is -2.24. The topological polar surface area (TPSA) is 108 Å². The molecule has 2 unspecified atom stereocenters. The minimum absolute atomic E-state index is 0.0122. The number of rotatable bonds is 71. The van der Waals surface area contributed by atoms with Crippen molar-refractivity contribution in [2.75, 3.05) is 47.5 Å². The average Bonchev–Trinajstić information content (AvgIpc) is 0.914. The van der Waals surface area contributed by atoms with Gasteiger partial charge < -0.3 is 18.9 Å². The van der Waals surface area contributed by atoms with E-state index in [4.69, 9.17) is 18.5 Å². The van der Waals surface area contributed by atoms with Gasteiger partial charge in [0.25, 0.3) is 0 Å². The predicted molar refractivity (Wildman–Crippen MR) is 444 cm³/mol. The fourth-order valence-corrected chi connectivity index (χ4v) is 10.9. The van der Waals surface area contributed by atoms with Gasteiger partial charge in [0, 0.05) is 12.8 Å². The molecule has 0 fully saturated rings. The van der Waals surface area contributed by atoms with E-state index in [-0.39, 0.29) is 32.0 Å². The third-order valence-electron chi connectivity index (χ3n) is 16.2. The first kappa shape index (κ1) is 96.1. The summed E-state index contributed by atoms with van der Waals surface area (Å²) in [5.74, 6) is -0.859. The Morgan fingerprint density at radius 1 is 0.304 bits per heavy atom. The second kappa shape index (κ2) is 79.2. The number of quaternary nitrogens is 1. The molecule has 0 aromatic heterocycles. The molecule has 0 aromatic rings. The summed E-state index contributed by atoms with van der Waals surface area (Å²) in [5.41, 5.74) is 0. The zero-order valence-corrected chi connectivity index (χ0v) is 66.1. The van der Waals surface area contributed by atoms with Crippen LogP contribution in [0.5, 0.6) is 0 Å². The Morgan fingerprint density at radius 2 is 0.529 bits per heavy atom. The summed E-state index contributed by atoms with van der Waals surface area (Å²) in [6, 6.07) is 0. The van der Waals surface area contributed by atoms with Crippen LogP contribution in [0.1, 0.15) is 284 Å². The molecule has 0 aliphatic rings. The number of phosphoric ester groups is 1. The summed E-state index contributed by atoms with van der Waals surface area (Å²) >= 11 is 0. The van der Waals surface area contributed by atoms with E-state index in [1.807, 2.05) is 21.1 Å². The maximum atomic E-state index is 12.9. The Hall–Kier alpha value is -5.93. The van der Waals surface area contributed by atoms with Crippen molar-refractivity contribution in [3.8, 4) is 0 Å². The quantitative estimate of drug-likeness (QED) is 0.0211. The Labute approximate surface area is 626 Å². The fourth-order valence-electron chi connectivity index (χ4n) is 10.2. The van der Waals surface area contributed by atoms with Crippen molar-refractivity contribution in [1.82, 2.24) is 0 Å². The summed E-state index contributed by atoms with van der Waals surface area (Å²) < 4.78 is 34.7. The van der Waals surface area contributed by atoms with Gasteiger partial charge in [-0.3, -0.25) is 18.6 Å². The molecule has 2 atom stereocenters. The van der Waals surface area contributed by atoms with Crippen LogP contribution in [0.3, 0.4) is 0 Å². The first-order valence-corrected chi connectivity index (χ1v) is 41.6. The van der Waals surface area contributed by atoms with Crippen LogP contribution in [-0.2, 0) is 32.7 Å². The summed E-state index contributed by atoms with van der Waals surface area (Å²) in [6.07, 6.45) is 128. The van der Waals surface area contributed by atoms with Crippen LogP contribution in [-0.4, -0.2) is 74.9 Å². The van der Waals surface area contributed by atoms with Crippen molar-refractivity contribution in [1.29, 1.82) is 0 Å². The molecule has 0 bridgehead atoms. The van der Waals surface area contributed by atoms with Crippen LogP contribution in [0.25, 0.3) is 0 Å². The van der Waals surface area contributed by atoms with Gasteiger partial charge in [-0.15, -0.1) is 0 Å². The van der Waals surface area contributed by atoms with E-state index in [1.165, 1.54) is 96.3 Å². The molecular weight excluding hydrogens is 1280 g/mol. The number of ether oxygens (including phenoxy) is 2. The van der Waals surface area contributed by atoms with Gasteiger partial charge in [0.15, 0.2) is 6.10 Å². The van der Waals surface area contributed by atoms with Crippen molar-refractivity contribution >= 4 is 19.8 Å². The molecule has 0 saturated heterocycles. The van der Waals surface area contributed by atoms with Crippen LogP contribution >= 0.6 is 7.82 Å². The number of carbonyl (C=O) groups excluding carboxylic acids is 2. The third-order valence-corrected chi connectivity index (χ3v) is 17.2. The zero-order valence-electron chi connectivity index (χ0n) is 65.2. The van der Waals surface area contributed by atoms with Crippen LogP contribution < -0.4 is 0 Å². The van der Waals surface area contributed by atoms with Crippen LogP contribution in [0.2, 0.25) is 0 Å². The summed E-state index contributed by atoms with van der Waals surface area (Å²) in [7, 11) is 1.42. The lowest BCUT2D eigenvalue weighted by atomic mass is 10.0. The Kier molecular flexibility index (Phi) is 74.6. The van der Waals surface area contributed by atoms with Crippen LogP contribution in [0, 0.1) is 0 Å². The number of allylic oxidation sites excluding steroid dienone is 38. The molecule has 1 N–H and O–H groups in total. The van der Waals surface area contributed by atoms with Crippen molar-refractivity contribution < 1.29 is 42.1 Å². The highest BCUT2D eigenvalue weighted by molar-refractivity contribution is 7.47. The lowest BCUT2D eigenvalue weighted by molar-refractivity contribution is -0.870. The molecule has 10 heteroatoms. The van der Waals surface area contributed by atoms with Gasteiger partial charge in [0.05, 0.1) is 27.7 Å². The fraction of sp³-hybridized carbons (Fsp3) is 0.565. The number of hydrogen-bond donors (Lipinski definition) is 1. The molecule has 0 aromatic carbocycles. The molecule has 0 radical (unpaired) electrons. The lowest BCUT2D eigenvalue weighted by Crippen LogP contribution is -2.37. The van der Waals surface area contributed by atoms with E-state index in [0.29, 0.717) is 17.4 Å². The van der Waals surface area contributed by atoms with Crippen molar-refractivity contribution in [2.45, 2.75) is 290 Å². The molecule has 0 aliphatic heterocycles. The third kappa shape index (κ3) is 83.0. The summed E-state index contributed by atoms with van der Waals surface area (Å²) in [5, 5.41) is 0. The van der Waals surface area contributed by atoms with Gasteiger partial charge in [0.2, 0.25) is 0 Å². The number of esters is 2. The van der Waals surface area contributed by atoms with Gasteiger partial charge in [-0.05, 0) is 161 Å². The van der Waals surface area contributed by atoms with Crippen LogP contribution in [0.15, 0.2) is 231 Å².